The Hall–Kier alpha value is -2.29. The van der Waals surface area contributed by atoms with Crippen molar-refractivity contribution < 1.29 is 37.6 Å². The van der Waals surface area contributed by atoms with Crippen LogP contribution < -0.4 is 5.73 Å². The Morgan fingerprint density at radius 3 is 1.54 bits per heavy atom. The third kappa shape index (κ3) is 37.5. The molecule has 1 unspecified atom stereocenters. The number of hydrogen-bond donors (Lipinski definition) is 2. The lowest BCUT2D eigenvalue weighted by Crippen LogP contribution is -2.29. The third-order valence-corrected chi connectivity index (χ3v) is 9.11. The standard InChI is InChI=1S/C42H74NO8P/c1-3-5-7-9-11-13-15-17-19-20-21-23-24-26-28-30-32-34-41(44)48-38-40(39-50-52(46,47)49-37-36-43)51-42(45)35-33-31-29-27-25-22-18-16-14-12-10-8-6-4-2/h10-13,16-19,21,23,40H,3-9,14-15,20,22,24-39,43H2,1-2H3,(H,46,47)/b12-10+,13-11+,18-16+,19-17+,23-21+/t40-/m1/s1. The molecule has 52 heavy (non-hydrogen) atoms. The molecule has 0 aliphatic carbocycles. The van der Waals surface area contributed by atoms with Crippen LogP contribution in [0.15, 0.2) is 60.8 Å². The Labute approximate surface area is 317 Å². The fraction of sp³-hybridized carbons (Fsp3) is 0.714. The van der Waals surface area contributed by atoms with Crippen molar-refractivity contribution in [1.29, 1.82) is 0 Å². The molecule has 0 aromatic rings. The summed E-state index contributed by atoms with van der Waals surface area (Å²) in [7, 11) is -4.38. The lowest BCUT2D eigenvalue weighted by Gasteiger charge is -2.19. The van der Waals surface area contributed by atoms with Gasteiger partial charge in [-0.2, -0.15) is 0 Å². The maximum absolute atomic E-state index is 12.5. The molecule has 300 valence electrons. The first-order chi connectivity index (χ1) is 25.3. The number of carbonyl (C=O) groups is 2. The molecule has 0 aromatic carbocycles. The van der Waals surface area contributed by atoms with Gasteiger partial charge in [0.25, 0.3) is 0 Å². The molecule has 0 aliphatic rings. The molecular weight excluding hydrogens is 677 g/mol. The van der Waals surface area contributed by atoms with E-state index in [1.54, 1.807) is 0 Å². The highest BCUT2D eigenvalue weighted by atomic mass is 31.2. The molecule has 3 N–H and O–H groups in total. The molecule has 0 rings (SSSR count). The second kappa shape index (κ2) is 38.4. The maximum Gasteiger partial charge on any atom is 0.472 e. The minimum atomic E-state index is -4.38. The number of ether oxygens (including phenoxy) is 2. The first-order valence-corrected chi connectivity index (χ1v) is 21.8. The molecular formula is C42H74NO8P. The van der Waals surface area contributed by atoms with Crippen LogP contribution in [0.3, 0.4) is 0 Å². The van der Waals surface area contributed by atoms with Crippen LogP contribution in [0.4, 0.5) is 0 Å². The van der Waals surface area contributed by atoms with Crippen LogP contribution in [0.2, 0.25) is 0 Å². The molecule has 0 radical (unpaired) electrons. The van der Waals surface area contributed by atoms with Crippen molar-refractivity contribution in [3.05, 3.63) is 60.8 Å². The van der Waals surface area contributed by atoms with Gasteiger partial charge in [-0.15, -0.1) is 0 Å². The van der Waals surface area contributed by atoms with Gasteiger partial charge in [0.2, 0.25) is 0 Å². The normalized spacial score (nSPS) is 14.0. The van der Waals surface area contributed by atoms with Gasteiger partial charge in [-0.25, -0.2) is 4.57 Å². The average Bonchev–Trinajstić information content (AvgIpc) is 3.13. The zero-order chi connectivity index (χ0) is 38.2. The quantitative estimate of drug-likeness (QED) is 0.0275. The summed E-state index contributed by atoms with van der Waals surface area (Å²) in [6.07, 6.45) is 43.9. The Morgan fingerprint density at radius 2 is 1.02 bits per heavy atom. The number of phosphoric ester groups is 1. The lowest BCUT2D eigenvalue weighted by molar-refractivity contribution is -0.161. The van der Waals surface area contributed by atoms with E-state index in [1.807, 2.05) is 0 Å². The van der Waals surface area contributed by atoms with Crippen LogP contribution in [0.5, 0.6) is 0 Å². The number of allylic oxidation sites excluding steroid dienone is 10. The smallest absolute Gasteiger partial charge is 0.462 e. The summed E-state index contributed by atoms with van der Waals surface area (Å²) in [5, 5.41) is 0. The van der Waals surface area contributed by atoms with Crippen LogP contribution in [0.25, 0.3) is 0 Å². The van der Waals surface area contributed by atoms with Crippen LogP contribution in [0, 0.1) is 0 Å². The first kappa shape index (κ1) is 49.7. The number of phosphoric acid groups is 1. The van der Waals surface area contributed by atoms with Crippen molar-refractivity contribution >= 4 is 19.8 Å². The monoisotopic (exact) mass is 752 g/mol. The highest BCUT2D eigenvalue weighted by Crippen LogP contribution is 2.43. The van der Waals surface area contributed by atoms with E-state index in [2.05, 4.69) is 74.6 Å². The van der Waals surface area contributed by atoms with Crippen LogP contribution in [-0.4, -0.2) is 49.3 Å². The number of nitrogens with two attached hydrogens (primary N) is 1. The zero-order valence-electron chi connectivity index (χ0n) is 32.8. The van der Waals surface area contributed by atoms with E-state index in [9.17, 15) is 19.0 Å². The van der Waals surface area contributed by atoms with E-state index in [1.165, 1.54) is 38.5 Å². The highest BCUT2D eigenvalue weighted by molar-refractivity contribution is 7.47. The van der Waals surface area contributed by atoms with Gasteiger partial charge in [-0.1, -0.05) is 132 Å². The molecule has 0 spiro atoms. The molecule has 0 heterocycles. The highest BCUT2D eigenvalue weighted by Gasteiger charge is 2.25. The molecule has 2 atom stereocenters. The van der Waals surface area contributed by atoms with Crippen molar-refractivity contribution in [2.24, 2.45) is 5.73 Å². The lowest BCUT2D eigenvalue weighted by atomic mass is 10.1. The van der Waals surface area contributed by atoms with Gasteiger partial charge in [0.1, 0.15) is 6.61 Å². The SMILES string of the molecule is CCCC/C=C/C/C=C/CCCCCCCC(=O)O[C@H](COC(=O)CCCCCC/C=C/C/C=C/C/C=C/CCCCC)COP(=O)(O)OCCN. The van der Waals surface area contributed by atoms with E-state index in [0.717, 1.165) is 83.5 Å². The predicted octanol–water partition coefficient (Wildman–Crippen LogP) is 11.3. The first-order valence-electron chi connectivity index (χ1n) is 20.3. The number of hydrogen-bond acceptors (Lipinski definition) is 8. The Kier molecular flexibility index (Phi) is 36.7. The molecule has 0 aromatic heterocycles. The maximum atomic E-state index is 12.5. The van der Waals surface area contributed by atoms with Gasteiger partial charge in [0, 0.05) is 19.4 Å². The third-order valence-electron chi connectivity index (χ3n) is 8.13. The summed E-state index contributed by atoms with van der Waals surface area (Å²) in [5.74, 6) is -0.876. The van der Waals surface area contributed by atoms with Crippen molar-refractivity contribution in [2.45, 2.75) is 168 Å². The number of unbranched alkanes of at least 4 members (excludes halogenated alkanes) is 14. The molecule has 0 saturated heterocycles. The van der Waals surface area contributed by atoms with Crippen molar-refractivity contribution in [2.75, 3.05) is 26.4 Å². The number of rotatable bonds is 37. The molecule has 0 amide bonds. The number of esters is 2. The van der Waals surface area contributed by atoms with Gasteiger partial charge in [0.15, 0.2) is 6.10 Å². The zero-order valence-corrected chi connectivity index (χ0v) is 33.7. The van der Waals surface area contributed by atoms with Gasteiger partial charge >= 0.3 is 19.8 Å². The second-order valence-corrected chi connectivity index (χ2v) is 14.6. The van der Waals surface area contributed by atoms with Crippen LogP contribution in [0.1, 0.15) is 162 Å². The number of carbonyl (C=O) groups excluding carboxylic acids is 2. The molecule has 10 heteroatoms. The molecule has 0 fully saturated rings. The Morgan fingerprint density at radius 1 is 0.577 bits per heavy atom. The summed E-state index contributed by atoms with van der Waals surface area (Å²) < 4.78 is 32.7. The van der Waals surface area contributed by atoms with Crippen molar-refractivity contribution in [3.63, 3.8) is 0 Å². The van der Waals surface area contributed by atoms with E-state index in [4.69, 9.17) is 24.3 Å². The summed E-state index contributed by atoms with van der Waals surface area (Å²) in [6, 6.07) is 0. The van der Waals surface area contributed by atoms with Crippen LogP contribution in [-0.2, 0) is 32.7 Å². The predicted molar refractivity (Wildman–Crippen MR) is 215 cm³/mol. The minimum absolute atomic E-state index is 0.0449. The molecule has 0 bridgehead atoms. The molecule has 0 saturated carbocycles. The summed E-state index contributed by atoms with van der Waals surface area (Å²) in [5.41, 5.74) is 5.33. The summed E-state index contributed by atoms with van der Waals surface area (Å²) >= 11 is 0. The van der Waals surface area contributed by atoms with E-state index >= 15 is 0 Å². The minimum Gasteiger partial charge on any atom is -0.462 e. The van der Waals surface area contributed by atoms with Gasteiger partial charge in [-0.3, -0.25) is 18.6 Å². The average molecular weight is 752 g/mol. The summed E-state index contributed by atoms with van der Waals surface area (Å²) in [6.45, 7) is 3.60. The summed E-state index contributed by atoms with van der Waals surface area (Å²) in [4.78, 5) is 34.8. The molecule has 0 aliphatic heterocycles. The van der Waals surface area contributed by atoms with Gasteiger partial charge in [-0.05, 0) is 77.0 Å². The van der Waals surface area contributed by atoms with Crippen LogP contribution >= 0.6 is 7.82 Å². The van der Waals surface area contributed by atoms with Crippen molar-refractivity contribution in [3.8, 4) is 0 Å². The fourth-order valence-electron chi connectivity index (χ4n) is 5.07. The van der Waals surface area contributed by atoms with E-state index < -0.39 is 32.5 Å². The second-order valence-electron chi connectivity index (χ2n) is 13.1. The molecule has 9 nitrogen and oxygen atoms in total. The largest absolute Gasteiger partial charge is 0.472 e. The van der Waals surface area contributed by atoms with Gasteiger partial charge in [0.05, 0.1) is 13.2 Å². The Bertz CT molecular complexity index is 1040. The van der Waals surface area contributed by atoms with E-state index in [-0.39, 0.29) is 32.6 Å². The fourth-order valence-corrected chi connectivity index (χ4v) is 5.83. The topological polar surface area (TPSA) is 134 Å². The Balaban J connectivity index is 4.27. The van der Waals surface area contributed by atoms with E-state index in [0.29, 0.717) is 12.8 Å². The van der Waals surface area contributed by atoms with Gasteiger partial charge < -0.3 is 20.1 Å². The van der Waals surface area contributed by atoms with Crippen molar-refractivity contribution in [1.82, 2.24) is 0 Å².